The molecule has 0 bridgehead atoms. The molecular weight excluding hydrogens is 277 g/mol. The van der Waals surface area contributed by atoms with Gasteiger partial charge in [0.2, 0.25) is 0 Å². The molecule has 2 rings (SSSR count). The van der Waals surface area contributed by atoms with Gasteiger partial charge < -0.3 is 10.5 Å². The van der Waals surface area contributed by atoms with Gasteiger partial charge >= 0.3 is 5.97 Å². The smallest absolute Gasteiger partial charge is 0.323 e. The number of carbonyl (C=O) groups is 1. The third kappa shape index (κ3) is 3.35. The van der Waals surface area contributed by atoms with Crippen molar-refractivity contribution in [1.82, 2.24) is 0 Å². The molecule has 0 saturated heterocycles. The predicted molar refractivity (Wildman–Crippen MR) is 79.3 cm³/mol. The van der Waals surface area contributed by atoms with Gasteiger partial charge in [0.05, 0.1) is 0 Å². The van der Waals surface area contributed by atoms with Crippen molar-refractivity contribution in [2.24, 2.45) is 5.73 Å². The first-order chi connectivity index (χ1) is 9.28. The van der Waals surface area contributed by atoms with Crippen LogP contribution < -0.4 is 5.73 Å². The number of carbonyl (C=O) groups excluding carboxylic acids is 1. The molecule has 1 atom stereocenters. The number of nitrogens with two attached hydrogens (primary N) is 1. The molecule has 0 aliphatic carbocycles. The average molecular weight is 295 g/mol. The van der Waals surface area contributed by atoms with Gasteiger partial charge in [0.1, 0.15) is 17.5 Å². The summed E-state index contributed by atoms with van der Waals surface area (Å²) in [4.78, 5) is 11.9. The standard InChI is InChI=1S/C15H18FNO2S/c1-15(2,3)19-14(18)11(17)7-9-8-20-12-6-4-5-10(16)13(9)12/h4-6,8,11H,7,17H2,1-3H3/t11-/m0/s1. The van der Waals surface area contributed by atoms with Gasteiger partial charge in [-0.15, -0.1) is 11.3 Å². The molecule has 1 aromatic heterocycles. The van der Waals surface area contributed by atoms with E-state index in [2.05, 4.69) is 0 Å². The number of benzene rings is 1. The van der Waals surface area contributed by atoms with E-state index in [0.717, 1.165) is 10.3 Å². The molecule has 0 fully saturated rings. The fraction of sp³-hybridized carbons (Fsp3) is 0.400. The molecule has 2 N–H and O–H groups in total. The Balaban J connectivity index is 2.18. The van der Waals surface area contributed by atoms with Gasteiger partial charge in [-0.3, -0.25) is 4.79 Å². The second-order valence-electron chi connectivity index (χ2n) is 5.72. The Morgan fingerprint density at radius 1 is 1.45 bits per heavy atom. The Labute approximate surface area is 121 Å². The van der Waals surface area contributed by atoms with Gasteiger partial charge in [0, 0.05) is 10.1 Å². The lowest BCUT2D eigenvalue weighted by Gasteiger charge is -2.22. The van der Waals surface area contributed by atoms with Crippen LogP contribution in [0, 0.1) is 5.82 Å². The Morgan fingerprint density at radius 2 is 2.15 bits per heavy atom. The van der Waals surface area contributed by atoms with Crippen molar-refractivity contribution in [2.45, 2.75) is 38.8 Å². The fourth-order valence-electron chi connectivity index (χ4n) is 1.96. The molecular formula is C15H18FNO2S. The van der Waals surface area contributed by atoms with Crippen LogP contribution in [0.25, 0.3) is 10.1 Å². The first-order valence-electron chi connectivity index (χ1n) is 6.41. The van der Waals surface area contributed by atoms with Crippen LogP contribution in [0.1, 0.15) is 26.3 Å². The molecule has 20 heavy (non-hydrogen) atoms. The number of rotatable bonds is 3. The van der Waals surface area contributed by atoms with Crippen molar-refractivity contribution in [1.29, 1.82) is 0 Å². The van der Waals surface area contributed by atoms with Crippen molar-refractivity contribution in [3.63, 3.8) is 0 Å². The minimum Gasteiger partial charge on any atom is -0.459 e. The molecule has 0 unspecified atom stereocenters. The molecule has 1 aromatic carbocycles. The maximum absolute atomic E-state index is 13.9. The summed E-state index contributed by atoms with van der Waals surface area (Å²) < 4.78 is 19.9. The third-order valence-electron chi connectivity index (χ3n) is 2.77. The van der Waals surface area contributed by atoms with Crippen molar-refractivity contribution >= 4 is 27.4 Å². The Bertz CT molecular complexity index is 630. The molecule has 108 valence electrons. The molecule has 5 heteroatoms. The van der Waals surface area contributed by atoms with Gasteiger partial charge in [-0.25, -0.2) is 4.39 Å². The molecule has 0 amide bonds. The summed E-state index contributed by atoms with van der Waals surface area (Å²) in [5.41, 5.74) is 6.04. The highest BCUT2D eigenvalue weighted by Crippen LogP contribution is 2.29. The summed E-state index contributed by atoms with van der Waals surface area (Å²) in [6.45, 7) is 5.37. The van der Waals surface area contributed by atoms with E-state index in [1.807, 2.05) is 11.4 Å². The van der Waals surface area contributed by atoms with E-state index in [9.17, 15) is 9.18 Å². The highest BCUT2D eigenvalue weighted by atomic mass is 32.1. The topological polar surface area (TPSA) is 52.3 Å². The Hall–Kier alpha value is -1.46. The van der Waals surface area contributed by atoms with Crippen LogP contribution in [0.4, 0.5) is 4.39 Å². The zero-order valence-electron chi connectivity index (χ0n) is 11.8. The van der Waals surface area contributed by atoms with Gasteiger partial charge in [0.25, 0.3) is 0 Å². The molecule has 0 aliphatic rings. The molecule has 1 heterocycles. The monoisotopic (exact) mass is 295 g/mol. The SMILES string of the molecule is CC(C)(C)OC(=O)[C@@H](N)Cc1csc2cccc(F)c12. The van der Waals surface area contributed by atoms with Crippen LogP contribution in [0.5, 0.6) is 0 Å². The number of hydrogen-bond donors (Lipinski definition) is 1. The number of esters is 1. The van der Waals surface area contributed by atoms with Gasteiger partial charge in [-0.05, 0) is 50.3 Å². The van der Waals surface area contributed by atoms with E-state index < -0.39 is 17.6 Å². The third-order valence-corrected chi connectivity index (χ3v) is 3.77. The number of halogens is 1. The minimum atomic E-state index is -0.786. The number of hydrogen-bond acceptors (Lipinski definition) is 4. The predicted octanol–water partition coefficient (Wildman–Crippen LogP) is 3.25. The number of thiophene rings is 1. The van der Waals surface area contributed by atoms with Crippen molar-refractivity contribution < 1.29 is 13.9 Å². The van der Waals surface area contributed by atoms with Gasteiger partial charge in [0.15, 0.2) is 0 Å². The summed E-state index contributed by atoms with van der Waals surface area (Å²) in [5.74, 6) is -0.747. The van der Waals surface area contributed by atoms with E-state index in [-0.39, 0.29) is 12.2 Å². The van der Waals surface area contributed by atoms with Crippen LogP contribution in [0.2, 0.25) is 0 Å². The largest absolute Gasteiger partial charge is 0.459 e. The van der Waals surface area contributed by atoms with Crippen LogP contribution in [-0.4, -0.2) is 17.6 Å². The first kappa shape index (κ1) is 14.9. The maximum Gasteiger partial charge on any atom is 0.323 e. The summed E-state index contributed by atoms with van der Waals surface area (Å²) in [6, 6.07) is 4.15. The van der Waals surface area contributed by atoms with Crippen molar-refractivity contribution in [3.8, 4) is 0 Å². The van der Waals surface area contributed by atoms with Crippen LogP contribution in [0.3, 0.4) is 0 Å². The highest BCUT2D eigenvalue weighted by molar-refractivity contribution is 7.17. The lowest BCUT2D eigenvalue weighted by molar-refractivity contribution is -0.156. The first-order valence-corrected chi connectivity index (χ1v) is 7.29. The van der Waals surface area contributed by atoms with Gasteiger partial charge in [-0.2, -0.15) is 0 Å². The zero-order chi connectivity index (χ0) is 14.9. The number of ether oxygens (including phenoxy) is 1. The van der Waals surface area contributed by atoms with E-state index in [0.29, 0.717) is 5.39 Å². The van der Waals surface area contributed by atoms with E-state index in [1.54, 1.807) is 26.8 Å². The summed E-state index contributed by atoms with van der Waals surface area (Å²) in [5, 5.41) is 2.40. The highest BCUT2D eigenvalue weighted by Gasteiger charge is 2.23. The second kappa shape index (κ2) is 5.50. The number of fused-ring (bicyclic) bond motifs is 1. The maximum atomic E-state index is 13.9. The van der Waals surface area contributed by atoms with Crippen molar-refractivity contribution in [3.05, 3.63) is 35.0 Å². The zero-order valence-corrected chi connectivity index (χ0v) is 12.6. The van der Waals surface area contributed by atoms with Crippen LogP contribution in [-0.2, 0) is 16.0 Å². The minimum absolute atomic E-state index is 0.274. The molecule has 0 radical (unpaired) electrons. The quantitative estimate of drug-likeness (QED) is 0.884. The molecule has 0 aliphatic heterocycles. The average Bonchev–Trinajstić information content (AvgIpc) is 2.71. The summed E-state index contributed by atoms with van der Waals surface area (Å²) >= 11 is 1.45. The Morgan fingerprint density at radius 3 is 2.80 bits per heavy atom. The normalized spacial score (nSPS) is 13.4. The van der Waals surface area contributed by atoms with Crippen LogP contribution in [0.15, 0.2) is 23.6 Å². The van der Waals surface area contributed by atoms with E-state index in [4.69, 9.17) is 10.5 Å². The lowest BCUT2D eigenvalue weighted by Crippen LogP contribution is -2.38. The Kier molecular flexibility index (Phi) is 4.11. The second-order valence-corrected chi connectivity index (χ2v) is 6.63. The molecule has 0 saturated carbocycles. The molecule has 0 spiro atoms. The van der Waals surface area contributed by atoms with E-state index in [1.165, 1.54) is 17.4 Å². The van der Waals surface area contributed by atoms with Gasteiger partial charge in [-0.1, -0.05) is 6.07 Å². The van der Waals surface area contributed by atoms with Crippen LogP contribution >= 0.6 is 11.3 Å². The summed E-state index contributed by atoms with van der Waals surface area (Å²) in [6.07, 6.45) is 0.274. The van der Waals surface area contributed by atoms with Crippen molar-refractivity contribution in [2.75, 3.05) is 0 Å². The fourth-order valence-corrected chi connectivity index (χ4v) is 2.94. The van der Waals surface area contributed by atoms with E-state index >= 15 is 0 Å². The lowest BCUT2D eigenvalue weighted by atomic mass is 10.0. The molecule has 3 nitrogen and oxygen atoms in total. The molecule has 2 aromatic rings. The summed E-state index contributed by atoms with van der Waals surface area (Å²) in [7, 11) is 0.